The number of nitrogens with zero attached hydrogens (tertiary/aromatic N) is 2. The average molecular weight is 183 g/mol. The standard InChI is InChI=1S/C8H10FN3O/c1-12(2)8(13)11-7-3-4-10-5-6(7)9/h3-5H,1-2H3,(H,10,11,13). The number of rotatable bonds is 1. The summed E-state index contributed by atoms with van der Waals surface area (Å²) in [6.07, 6.45) is 2.46. The van der Waals surface area contributed by atoms with Crippen LogP contribution in [0.2, 0.25) is 0 Å². The van der Waals surface area contributed by atoms with Gasteiger partial charge in [-0.05, 0) is 6.07 Å². The normalized spacial score (nSPS) is 9.46. The molecule has 0 radical (unpaired) electrons. The lowest BCUT2D eigenvalue weighted by Gasteiger charge is -2.11. The Balaban J connectivity index is 2.75. The molecule has 1 rings (SSSR count). The van der Waals surface area contributed by atoms with E-state index in [-0.39, 0.29) is 11.7 Å². The molecule has 0 aliphatic rings. The van der Waals surface area contributed by atoms with Crippen LogP contribution >= 0.6 is 0 Å². The number of urea groups is 1. The van der Waals surface area contributed by atoms with E-state index in [1.165, 1.54) is 17.2 Å². The summed E-state index contributed by atoms with van der Waals surface area (Å²) in [6, 6.07) is 1.03. The highest BCUT2D eigenvalue weighted by Crippen LogP contribution is 2.10. The lowest BCUT2D eigenvalue weighted by molar-refractivity contribution is 0.230. The van der Waals surface area contributed by atoms with E-state index >= 15 is 0 Å². The van der Waals surface area contributed by atoms with Crippen LogP contribution in [-0.2, 0) is 0 Å². The first-order valence-corrected chi connectivity index (χ1v) is 3.69. The van der Waals surface area contributed by atoms with E-state index in [1.807, 2.05) is 0 Å². The highest BCUT2D eigenvalue weighted by atomic mass is 19.1. The van der Waals surface area contributed by atoms with E-state index in [0.717, 1.165) is 6.20 Å². The molecule has 4 nitrogen and oxygen atoms in total. The molecule has 1 aromatic heterocycles. The van der Waals surface area contributed by atoms with Crippen LogP contribution in [0.15, 0.2) is 18.5 Å². The minimum atomic E-state index is -0.544. The van der Waals surface area contributed by atoms with E-state index in [0.29, 0.717) is 0 Å². The Morgan fingerprint density at radius 3 is 2.85 bits per heavy atom. The summed E-state index contributed by atoms with van der Waals surface area (Å²) < 4.78 is 12.9. The number of carbonyl (C=O) groups excluding carboxylic acids is 1. The lowest BCUT2D eigenvalue weighted by Crippen LogP contribution is -2.27. The van der Waals surface area contributed by atoms with Crippen molar-refractivity contribution in [1.82, 2.24) is 9.88 Å². The van der Waals surface area contributed by atoms with Crippen LogP contribution in [0.3, 0.4) is 0 Å². The van der Waals surface area contributed by atoms with Crippen LogP contribution in [0.1, 0.15) is 0 Å². The molecule has 0 spiro atoms. The Bertz CT molecular complexity index is 314. The van der Waals surface area contributed by atoms with Crippen LogP contribution in [0.4, 0.5) is 14.9 Å². The molecule has 1 aromatic rings. The SMILES string of the molecule is CN(C)C(=O)Nc1ccncc1F. The summed E-state index contributed by atoms with van der Waals surface area (Å²) in [6.45, 7) is 0. The fraction of sp³-hybridized carbons (Fsp3) is 0.250. The van der Waals surface area contributed by atoms with Gasteiger partial charge in [0.15, 0.2) is 5.82 Å². The van der Waals surface area contributed by atoms with Crippen LogP contribution in [-0.4, -0.2) is 30.0 Å². The Labute approximate surface area is 75.4 Å². The van der Waals surface area contributed by atoms with Gasteiger partial charge < -0.3 is 10.2 Å². The summed E-state index contributed by atoms with van der Waals surface area (Å²) in [5, 5.41) is 2.38. The zero-order valence-electron chi connectivity index (χ0n) is 7.41. The lowest BCUT2D eigenvalue weighted by atomic mass is 10.4. The van der Waals surface area contributed by atoms with Gasteiger partial charge in [-0.3, -0.25) is 4.98 Å². The number of pyridine rings is 1. The summed E-state index contributed by atoms with van der Waals surface area (Å²) >= 11 is 0. The van der Waals surface area contributed by atoms with E-state index < -0.39 is 5.82 Å². The maximum absolute atomic E-state index is 12.9. The van der Waals surface area contributed by atoms with Gasteiger partial charge in [-0.2, -0.15) is 0 Å². The number of nitrogens with one attached hydrogen (secondary N) is 1. The number of aromatic nitrogens is 1. The number of halogens is 1. The maximum atomic E-state index is 12.9. The second kappa shape index (κ2) is 3.84. The largest absolute Gasteiger partial charge is 0.331 e. The molecule has 1 N–H and O–H groups in total. The Hall–Kier alpha value is -1.65. The van der Waals surface area contributed by atoms with Gasteiger partial charge in [-0.25, -0.2) is 9.18 Å². The smallest absolute Gasteiger partial charge is 0.321 e. The van der Waals surface area contributed by atoms with Crippen molar-refractivity contribution in [2.75, 3.05) is 19.4 Å². The van der Waals surface area contributed by atoms with E-state index in [4.69, 9.17) is 0 Å². The molecule has 0 fully saturated rings. The Kier molecular flexibility index (Phi) is 2.79. The van der Waals surface area contributed by atoms with Gasteiger partial charge in [0.05, 0.1) is 11.9 Å². The molecule has 0 atom stereocenters. The number of hydrogen-bond acceptors (Lipinski definition) is 2. The number of amides is 2. The third-order valence-electron chi connectivity index (χ3n) is 1.42. The number of anilines is 1. The molecule has 2 amide bonds. The van der Waals surface area contributed by atoms with Crippen molar-refractivity contribution in [1.29, 1.82) is 0 Å². The van der Waals surface area contributed by atoms with Crippen LogP contribution in [0.5, 0.6) is 0 Å². The molecule has 0 aliphatic heterocycles. The van der Waals surface area contributed by atoms with Gasteiger partial charge in [-0.1, -0.05) is 0 Å². The summed E-state index contributed by atoms with van der Waals surface area (Å²) in [7, 11) is 3.16. The quantitative estimate of drug-likeness (QED) is 0.713. The Morgan fingerprint density at radius 2 is 2.31 bits per heavy atom. The van der Waals surface area contributed by atoms with Gasteiger partial charge in [0.1, 0.15) is 0 Å². The van der Waals surface area contributed by atoms with Crippen molar-refractivity contribution in [3.63, 3.8) is 0 Å². The third-order valence-corrected chi connectivity index (χ3v) is 1.42. The fourth-order valence-corrected chi connectivity index (χ4v) is 0.704. The zero-order valence-corrected chi connectivity index (χ0v) is 7.41. The fourth-order valence-electron chi connectivity index (χ4n) is 0.704. The molecule has 0 aliphatic carbocycles. The van der Waals surface area contributed by atoms with Crippen LogP contribution in [0.25, 0.3) is 0 Å². The summed E-state index contributed by atoms with van der Waals surface area (Å²) in [5.74, 6) is -0.544. The molecule has 0 bridgehead atoms. The maximum Gasteiger partial charge on any atom is 0.321 e. The van der Waals surface area contributed by atoms with Crippen molar-refractivity contribution < 1.29 is 9.18 Å². The first-order chi connectivity index (χ1) is 6.11. The van der Waals surface area contributed by atoms with Crippen molar-refractivity contribution in [2.45, 2.75) is 0 Å². The topological polar surface area (TPSA) is 45.2 Å². The molecule has 0 saturated carbocycles. The van der Waals surface area contributed by atoms with Crippen LogP contribution in [0, 0.1) is 5.82 Å². The summed E-state index contributed by atoms with van der Waals surface area (Å²) in [4.78, 5) is 16.0. The highest BCUT2D eigenvalue weighted by Gasteiger charge is 2.06. The van der Waals surface area contributed by atoms with E-state index in [9.17, 15) is 9.18 Å². The highest BCUT2D eigenvalue weighted by molar-refractivity contribution is 5.88. The van der Waals surface area contributed by atoms with E-state index in [2.05, 4.69) is 10.3 Å². The van der Waals surface area contributed by atoms with Crippen molar-refractivity contribution in [2.24, 2.45) is 0 Å². The predicted octanol–water partition coefficient (Wildman–Crippen LogP) is 1.31. The molecule has 13 heavy (non-hydrogen) atoms. The molecule has 5 heteroatoms. The second-order valence-corrected chi connectivity index (χ2v) is 2.68. The molecule has 0 aromatic carbocycles. The van der Waals surface area contributed by atoms with Gasteiger partial charge in [0.25, 0.3) is 0 Å². The monoisotopic (exact) mass is 183 g/mol. The third kappa shape index (κ3) is 2.40. The van der Waals surface area contributed by atoms with Crippen molar-refractivity contribution in [3.05, 3.63) is 24.3 Å². The summed E-state index contributed by atoms with van der Waals surface area (Å²) in [5.41, 5.74) is 0.133. The van der Waals surface area contributed by atoms with E-state index in [1.54, 1.807) is 14.1 Å². The van der Waals surface area contributed by atoms with Gasteiger partial charge in [0.2, 0.25) is 0 Å². The van der Waals surface area contributed by atoms with Gasteiger partial charge in [-0.15, -0.1) is 0 Å². The van der Waals surface area contributed by atoms with Crippen molar-refractivity contribution >= 4 is 11.7 Å². The molecule has 0 unspecified atom stereocenters. The predicted molar refractivity (Wildman–Crippen MR) is 46.9 cm³/mol. The molecular weight excluding hydrogens is 173 g/mol. The molecule has 70 valence electrons. The first kappa shape index (κ1) is 9.44. The zero-order chi connectivity index (χ0) is 9.84. The number of carbonyl (C=O) groups is 1. The molecular formula is C8H10FN3O. The first-order valence-electron chi connectivity index (χ1n) is 3.69. The van der Waals surface area contributed by atoms with Crippen molar-refractivity contribution in [3.8, 4) is 0 Å². The van der Waals surface area contributed by atoms with Crippen LogP contribution < -0.4 is 5.32 Å². The average Bonchev–Trinajstić information content (AvgIpc) is 2.08. The molecule has 0 saturated heterocycles. The Morgan fingerprint density at radius 1 is 1.62 bits per heavy atom. The minimum Gasteiger partial charge on any atom is -0.331 e. The number of hydrogen-bond donors (Lipinski definition) is 1. The second-order valence-electron chi connectivity index (χ2n) is 2.68. The van der Waals surface area contributed by atoms with Gasteiger partial charge >= 0.3 is 6.03 Å². The molecule has 1 heterocycles. The van der Waals surface area contributed by atoms with Gasteiger partial charge in [0, 0.05) is 20.3 Å². The minimum absolute atomic E-state index is 0.133.